The summed E-state index contributed by atoms with van der Waals surface area (Å²) in [6.45, 7) is 6.35. The van der Waals surface area contributed by atoms with Crippen LogP contribution in [-0.4, -0.2) is 41.6 Å². The average molecular weight is 322 g/mol. The molecule has 0 amide bonds. The topological polar surface area (TPSA) is 92.1 Å². The van der Waals surface area contributed by atoms with Crippen LogP contribution in [-0.2, 0) is 16.6 Å². The number of fused-ring (bicyclic) bond motifs is 1. The molecular formula is C15H22N4O2S. The molecule has 1 aliphatic heterocycles. The van der Waals surface area contributed by atoms with E-state index < -0.39 is 15.3 Å². The SMILES string of the molecule is Cc1ccc2[nH]c(CN3CCC(S(N)(=O)=O)CC3)nc2c1C. The number of hydrogen-bond donors (Lipinski definition) is 2. The Morgan fingerprint density at radius 1 is 1.32 bits per heavy atom. The van der Waals surface area contributed by atoms with Crippen LogP contribution in [0.25, 0.3) is 11.0 Å². The highest BCUT2D eigenvalue weighted by Crippen LogP contribution is 2.21. The third-order valence-corrected chi connectivity index (χ3v) is 6.00. The standard InChI is InChI=1S/C15H22N4O2S/c1-10-3-4-13-15(11(10)2)18-14(17-13)9-19-7-5-12(6-8-19)22(16,20)21/h3-4,12H,5-9H2,1-2H3,(H,17,18)(H2,16,20,21). The molecule has 2 aromatic rings. The number of primary sulfonamides is 1. The fourth-order valence-corrected chi connectivity index (χ4v) is 3.91. The highest BCUT2D eigenvalue weighted by atomic mass is 32.2. The Morgan fingerprint density at radius 2 is 2.00 bits per heavy atom. The molecule has 7 heteroatoms. The summed E-state index contributed by atoms with van der Waals surface area (Å²) in [4.78, 5) is 10.3. The van der Waals surface area contributed by atoms with Gasteiger partial charge in [0.2, 0.25) is 10.0 Å². The Balaban J connectivity index is 1.71. The summed E-state index contributed by atoms with van der Waals surface area (Å²) >= 11 is 0. The van der Waals surface area contributed by atoms with Crippen LogP contribution in [0.5, 0.6) is 0 Å². The molecule has 1 aromatic carbocycles. The van der Waals surface area contributed by atoms with Crippen molar-refractivity contribution in [2.24, 2.45) is 5.14 Å². The van der Waals surface area contributed by atoms with Crippen LogP contribution in [0.1, 0.15) is 29.8 Å². The van der Waals surface area contributed by atoms with Gasteiger partial charge in [0.15, 0.2) is 0 Å². The number of nitrogens with zero attached hydrogens (tertiary/aromatic N) is 2. The lowest BCUT2D eigenvalue weighted by Gasteiger charge is -2.29. The number of aromatic amines is 1. The molecular weight excluding hydrogens is 300 g/mol. The fraction of sp³-hybridized carbons (Fsp3) is 0.533. The maximum atomic E-state index is 11.4. The number of aromatic nitrogens is 2. The van der Waals surface area contributed by atoms with E-state index in [4.69, 9.17) is 10.1 Å². The second kappa shape index (κ2) is 5.64. The van der Waals surface area contributed by atoms with Crippen LogP contribution in [0, 0.1) is 13.8 Å². The van der Waals surface area contributed by atoms with Crippen molar-refractivity contribution >= 4 is 21.1 Å². The van der Waals surface area contributed by atoms with Gasteiger partial charge in [-0.1, -0.05) is 6.07 Å². The first-order chi connectivity index (χ1) is 10.3. The summed E-state index contributed by atoms with van der Waals surface area (Å²) in [6.07, 6.45) is 1.19. The van der Waals surface area contributed by atoms with Crippen molar-refractivity contribution in [2.75, 3.05) is 13.1 Å². The number of rotatable bonds is 3. The Hall–Kier alpha value is -1.44. The van der Waals surface area contributed by atoms with E-state index in [1.165, 1.54) is 11.1 Å². The maximum Gasteiger partial charge on any atom is 0.212 e. The molecule has 3 N–H and O–H groups in total. The van der Waals surface area contributed by atoms with E-state index in [2.05, 4.69) is 35.9 Å². The molecule has 1 saturated heterocycles. The Morgan fingerprint density at radius 3 is 2.64 bits per heavy atom. The molecule has 120 valence electrons. The number of likely N-dealkylation sites (tertiary alicyclic amines) is 1. The molecule has 3 rings (SSSR count). The summed E-state index contributed by atoms with van der Waals surface area (Å²) in [7, 11) is -3.40. The molecule has 6 nitrogen and oxygen atoms in total. The molecule has 0 unspecified atom stereocenters. The molecule has 1 aromatic heterocycles. The molecule has 1 aliphatic rings. The normalized spacial score (nSPS) is 18.1. The largest absolute Gasteiger partial charge is 0.341 e. The third kappa shape index (κ3) is 3.02. The molecule has 1 fully saturated rings. The second-order valence-corrected chi connectivity index (χ2v) is 8.00. The first kappa shape index (κ1) is 15.5. The number of nitrogens with two attached hydrogens (primary N) is 1. The van der Waals surface area contributed by atoms with Gasteiger partial charge in [-0.15, -0.1) is 0 Å². The van der Waals surface area contributed by atoms with Crippen LogP contribution in [0.2, 0.25) is 0 Å². The van der Waals surface area contributed by atoms with Gasteiger partial charge in [-0.2, -0.15) is 0 Å². The minimum Gasteiger partial charge on any atom is -0.341 e. The number of aryl methyl sites for hydroxylation is 2. The minimum absolute atomic E-state index is 0.399. The maximum absolute atomic E-state index is 11.4. The number of imidazole rings is 1. The van der Waals surface area contributed by atoms with Gasteiger partial charge in [-0.3, -0.25) is 4.90 Å². The summed E-state index contributed by atoms with van der Waals surface area (Å²) in [6, 6.07) is 4.15. The van der Waals surface area contributed by atoms with Crippen LogP contribution in [0.3, 0.4) is 0 Å². The smallest absolute Gasteiger partial charge is 0.212 e. The van der Waals surface area contributed by atoms with Crippen LogP contribution in [0.4, 0.5) is 0 Å². The number of piperidine rings is 1. The van der Waals surface area contributed by atoms with Gasteiger partial charge in [-0.25, -0.2) is 18.5 Å². The number of hydrogen-bond acceptors (Lipinski definition) is 4. The van der Waals surface area contributed by atoms with Gasteiger partial charge in [0.25, 0.3) is 0 Å². The van der Waals surface area contributed by atoms with Crippen molar-refractivity contribution < 1.29 is 8.42 Å². The first-order valence-electron chi connectivity index (χ1n) is 7.53. The quantitative estimate of drug-likeness (QED) is 0.894. The van der Waals surface area contributed by atoms with Gasteiger partial charge in [0.05, 0.1) is 22.8 Å². The van der Waals surface area contributed by atoms with Gasteiger partial charge in [0, 0.05) is 0 Å². The predicted octanol–water partition coefficient (Wildman–Crippen LogP) is 1.43. The number of H-pyrrole nitrogens is 1. The summed E-state index contributed by atoms with van der Waals surface area (Å²) in [5.74, 6) is 0.928. The van der Waals surface area contributed by atoms with Crippen LogP contribution in [0.15, 0.2) is 12.1 Å². The fourth-order valence-electron chi connectivity index (χ4n) is 3.05. The lowest BCUT2D eigenvalue weighted by molar-refractivity contribution is 0.218. The summed E-state index contributed by atoms with van der Waals surface area (Å²) in [5, 5.41) is 4.83. The molecule has 0 bridgehead atoms. The van der Waals surface area contributed by atoms with E-state index in [1.807, 2.05) is 0 Å². The Bertz CT molecular complexity index is 789. The van der Waals surface area contributed by atoms with Gasteiger partial charge >= 0.3 is 0 Å². The van der Waals surface area contributed by atoms with E-state index in [0.717, 1.165) is 29.9 Å². The van der Waals surface area contributed by atoms with Gasteiger partial charge < -0.3 is 4.98 Å². The number of sulfonamides is 1. The van der Waals surface area contributed by atoms with Crippen molar-refractivity contribution in [3.8, 4) is 0 Å². The minimum atomic E-state index is -3.40. The molecule has 0 spiro atoms. The van der Waals surface area contributed by atoms with Crippen molar-refractivity contribution in [1.29, 1.82) is 0 Å². The first-order valence-corrected chi connectivity index (χ1v) is 9.14. The van der Waals surface area contributed by atoms with Crippen molar-refractivity contribution in [3.05, 3.63) is 29.1 Å². The highest BCUT2D eigenvalue weighted by Gasteiger charge is 2.27. The van der Waals surface area contributed by atoms with E-state index in [9.17, 15) is 8.42 Å². The zero-order valence-electron chi connectivity index (χ0n) is 13.0. The Kier molecular flexibility index (Phi) is 3.96. The molecule has 22 heavy (non-hydrogen) atoms. The lowest BCUT2D eigenvalue weighted by atomic mass is 10.1. The number of nitrogens with one attached hydrogen (secondary N) is 1. The summed E-state index contributed by atoms with van der Waals surface area (Å²) in [5.41, 5.74) is 4.51. The van der Waals surface area contributed by atoms with E-state index in [1.54, 1.807) is 0 Å². The predicted molar refractivity (Wildman–Crippen MR) is 87.0 cm³/mol. The van der Waals surface area contributed by atoms with Crippen LogP contribution >= 0.6 is 0 Å². The van der Waals surface area contributed by atoms with Gasteiger partial charge in [-0.05, 0) is 57.0 Å². The van der Waals surface area contributed by atoms with E-state index >= 15 is 0 Å². The second-order valence-electron chi connectivity index (χ2n) is 6.15. The van der Waals surface area contributed by atoms with Crippen LogP contribution < -0.4 is 5.14 Å². The van der Waals surface area contributed by atoms with Crippen molar-refractivity contribution in [1.82, 2.24) is 14.9 Å². The molecule has 0 atom stereocenters. The average Bonchev–Trinajstić information content (AvgIpc) is 2.86. The number of benzene rings is 1. The third-order valence-electron chi connectivity index (χ3n) is 4.60. The lowest BCUT2D eigenvalue weighted by Crippen LogP contribution is -2.41. The highest BCUT2D eigenvalue weighted by molar-refractivity contribution is 7.89. The Labute approximate surface area is 130 Å². The molecule has 0 aliphatic carbocycles. The van der Waals surface area contributed by atoms with Crippen molar-refractivity contribution in [2.45, 2.75) is 38.5 Å². The molecule has 0 radical (unpaired) electrons. The summed E-state index contributed by atoms with van der Waals surface area (Å²) < 4.78 is 22.8. The van der Waals surface area contributed by atoms with E-state index in [-0.39, 0.29) is 0 Å². The van der Waals surface area contributed by atoms with E-state index in [0.29, 0.717) is 19.4 Å². The molecule has 2 heterocycles. The monoisotopic (exact) mass is 322 g/mol. The zero-order chi connectivity index (χ0) is 15.9. The van der Waals surface area contributed by atoms with Gasteiger partial charge in [0.1, 0.15) is 5.82 Å². The van der Waals surface area contributed by atoms with Crippen molar-refractivity contribution in [3.63, 3.8) is 0 Å². The molecule has 0 saturated carbocycles. The zero-order valence-corrected chi connectivity index (χ0v) is 13.8.